The molecule has 1 aromatic carbocycles. The van der Waals surface area contributed by atoms with E-state index in [2.05, 4.69) is 20.6 Å². The van der Waals surface area contributed by atoms with Gasteiger partial charge in [-0.3, -0.25) is 4.98 Å². The molecule has 0 aliphatic heterocycles. The lowest BCUT2D eigenvalue weighted by Gasteiger charge is -2.25. The standard InChI is InChI=1S/C16H18N4/c1-11(17)16(13-7-9-18-10-8-13)20-12(2)19-14-5-3-4-6-15(14)20/h3-11,16H,17H2,1-2H3. The van der Waals surface area contributed by atoms with Gasteiger partial charge in [-0.05, 0) is 43.7 Å². The SMILES string of the molecule is Cc1nc2ccccc2n1C(c1ccncc1)C(C)N. The molecule has 0 saturated heterocycles. The molecule has 0 aliphatic carbocycles. The van der Waals surface area contributed by atoms with E-state index in [4.69, 9.17) is 5.73 Å². The van der Waals surface area contributed by atoms with Crippen LogP contribution in [0.4, 0.5) is 0 Å². The number of aromatic nitrogens is 3. The van der Waals surface area contributed by atoms with Crippen LogP contribution in [0, 0.1) is 6.92 Å². The lowest BCUT2D eigenvalue weighted by Crippen LogP contribution is -2.30. The number of hydrogen-bond acceptors (Lipinski definition) is 3. The monoisotopic (exact) mass is 266 g/mol. The number of hydrogen-bond donors (Lipinski definition) is 1. The number of rotatable bonds is 3. The zero-order valence-corrected chi connectivity index (χ0v) is 11.7. The van der Waals surface area contributed by atoms with Gasteiger partial charge in [0.25, 0.3) is 0 Å². The summed E-state index contributed by atoms with van der Waals surface area (Å²) in [5.41, 5.74) is 9.52. The Labute approximate surface area is 118 Å². The Morgan fingerprint density at radius 2 is 1.80 bits per heavy atom. The summed E-state index contributed by atoms with van der Waals surface area (Å²) in [6.45, 7) is 4.05. The van der Waals surface area contributed by atoms with Crippen molar-refractivity contribution in [2.45, 2.75) is 25.9 Å². The summed E-state index contributed by atoms with van der Waals surface area (Å²) in [6.07, 6.45) is 3.61. The Morgan fingerprint density at radius 3 is 2.50 bits per heavy atom. The molecular formula is C16H18N4. The summed E-state index contributed by atoms with van der Waals surface area (Å²) >= 11 is 0. The Morgan fingerprint density at radius 1 is 1.10 bits per heavy atom. The maximum absolute atomic E-state index is 6.25. The summed E-state index contributed by atoms with van der Waals surface area (Å²) < 4.78 is 2.22. The van der Waals surface area contributed by atoms with Crippen molar-refractivity contribution in [1.29, 1.82) is 0 Å². The summed E-state index contributed by atoms with van der Waals surface area (Å²) in [6, 6.07) is 12.2. The van der Waals surface area contributed by atoms with Gasteiger partial charge in [0.1, 0.15) is 5.82 Å². The third kappa shape index (κ3) is 2.08. The van der Waals surface area contributed by atoms with Crippen molar-refractivity contribution in [1.82, 2.24) is 14.5 Å². The van der Waals surface area contributed by atoms with Crippen LogP contribution in [0.3, 0.4) is 0 Å². The zero-order valence-electron chi connectivity index (χ0n) is 11.7. The Balaban J connectivity index is 2.23. The molecule has 2 aromatic heterocycles. The number of para-hydroxylation sites is 2. The van der Waals surface area contributed by atoms with Gasteiger partial charge in [-0.15, -0.1) is 0 Å². The average molecular weight is 266 g/mol. The second-order valence-electron chi connectivity index (χ2n) is 5.10. The molecule has 3 rings (SSSR count). The first kappa shape index (κ1) is 12.8. The highest BCUT2D eigenvalue weighted by Crippen LogP contribution is 2.27. The van der Waals surface area contributed by atoms with Crippen molar-refractivity contribution in [3.63, 3.8) is 0 Å². The van der Waals surface area contributed by atoms with E-state index in [9.17, 15) is 0 Å². The van der Waals surface area contributed by atoms with Crippen molar-refractivity contribution in [2.24, 2.45) is 5.73 Å². The van der Waals surface area contributed by atoms with Gasteiger partial charge < -0.3 is 10.3 Å². The van der Waals surface area contributed by atoms with Crippen molar-refractivity contribution < 1.29 is 0 Å². The van der Waals surface area contributed by atoms with E-state index in [1.165, 1.54) is 0 Å². The smallest absolute Gasteiger partial charge is 0.107 e. The lowest BCUT2D eigenvalue weighted by atomic mass is 10.0. The third-order valence-corrected chi connectivity index (χ3v) is 3.60. The molecule has 20 heavy (non-hydrogen) atoms. The van der Waals surface area contributed by atoms with Crippen LogP contribution in [-0.4, -0.2) is 20.6 Å². The minimum atomic E-state index is -0.0197. The van der Waals surface area contributed by atoms with E-state index in [-0.39, 0.29) is 12.1 Å². The predicted molar refractivity (Wildman–Crippen MR) is 80.5 cm³/mol. The molecule has 0 aliphatic rings. The van der Waals surface area contributed by atoms with Crippen molar-refractivity contribution in [3.05, 3.63) is 60.2 Å². The number of pyridine rings is 1. The number of benzene rings is 1. The highest BCUT2D eigenvalue weighted by atomic mass is 15.1. The van der Waals surface area contributed by atoms with Crippen LogP contribution in [0.2, 0.25) is 0 Å². The molecule has 3 aromatic rings. The van der Waals surface area contributed by atoms with Crippen molar-refractivity contribution in [3.8, 4) is 0 Å². The summed E-state index contributed by atoms with van der Waals surface area (Å²) in [5, 5.41) is 0. The van der Waals surface area contributed by atoms with E-state index >= 15 is 0 Å². The van der Waals surface area contributed by atoms with Crippen LogP contribution in [0.25, 0.3) is 11.0 Å². The summed E-state index contributed by atoms with van der Waals surface area (Å²) in [4.78, 5) is 8.72. The largest absolute Gasteiger partial charge is 0.326 e. The molecule has 2 heterocycles. The number of fused-ring (bicyclic) bond motifs is 1. The van der Waals surface area contributed by atoms with E-state index in [1.54, 1.807) is 12.4 Å². The van der Waals surface area contributed by atoms with Crippen LogP contribution >= 0.6 is 0 Å². The molecule has 4 heteroatoms. The molecule has 102 valence electrons. The molecule has 2 atom stereocenters. The Kier molecular flexibility index (Phi) is 3.24. The molecule has 0 spiro atoms. The van der Waals surface area contributed by atoms with Gasteiger partial charge >= 0.3 is 0 Å². The lowest BCUT2D eigenvalue weighted by molar-refractivity contribution is 0.497. The molecule has 0 saturated carbocycles. The minimum Gasteiger partial charge on any atom is -0.326 e. The maximum atomic E-state index is 6.25. The molecule has 4 nitrogen and oxygen atoms in total. The van der Waals surface area contributed by atoms with E-state index in [0.29, 0.717) is 0 Å². The van der Waals surface area contributed by atoms with Gasteiger partial charge in [-0.25, -0.2) is 4.98 Å². The summed E-state index contributed by atoms with van der Waals surface area (Å²) in [7, 11) is 0. The van der Waals surface area contributed by atoms with Gasteiger partial charge in [0.05, 0.1) is 17.1 Å². The van der Waals surface area contributed by atoms with Crippen LogP contribution in [0.15, 0.2) is 48.8 Å². The number of aryl methyl sites for hydroxylation is 1. The van der Waals surface area contributed by atoms with Gasteiger partial charge in [-0.2, -0.15) is 0 Å². The predicted octanol–water partition coefficient (Wildman–Crippen LogP) is 2.68. The second kappa shape index (κ2) is 5.06. The normalized spacial score (nSPS) is 14.3. The highest BCUT2D eigenvalue weighted by molar-refractivity contribution is 5.76. The third-order valence-electron chi connectivity index (χ3n) is 3.60. The fraction of sp³-hybridized carbons (Fsp3) is 0.250. The first-order valence-electron chi connectivity index (χ1n) is 6.77. The number of nitrogens with two attached hydrogens (primary N) is 1. The Hall–Kier alpha value is -2.20. The summed E-state index contributed by atoms with van der Waals surface area (Å²) in [5.74, 6) is 0.977. The van der Waals surface area contributed by atoms with Gasteiger partial charge in [0, 0.05) is 18.4 Å². The van der Waals surface area contributed by atoms with Crippen LogP contribution in [-0.2, 0) is 0 Å². The van der Waals surface area contributed by atoms with Crippen LogP contribution in [0.5, 0.6) is 0 Å². The molecule has 2 N–H and O–H groups in total. The van der Waals surface area contributed by atoms with E-state index < -0.39 is 0 Å². The van der Waals surface area contributed by atoms with E-state index in [1.807, 2.05) is 44.2 Å². The second-order valence-corrected chi connectivity index (χ2v) is 5.10. The quantitative estimate of drug-likeness (QED) is 0.793. The Bertz CT molecular complexity index is 716. The first-order chi connectivity index (χ1) is 9.68. The fourth-order valence-electron chi connectivity index (χ4n) is 2.76. The maximum Gasteiger partial charge on any atom is 0.107 e. The van der Waals surface area contributed by atoms with E-state index in [0.717, 1.165) is 22.4 Å². The van der Waals surface area contributed by atoms with Crippen LogP contribution in [0.1, 0.15) is 24.4 Å². The zero-order chi connectivity index (χ0) is 14.1. The highest BCUT2D eigenvalue weighted by Gasteiger charge is 2.22. The van der Waals surface area contributed by atoms with Gasteiger partial charge in [0.2, 0.25) is 0 Å². The molecule has 0 radical (unpaired) electrons. The average Bonchev–Trinajstić information content (AvgIpc) is 2.77. The topological polar surface area (TPSA) is 56.7 Å². The molecule has 0 fully saturated rings. The number of imidazole rings is 1. The van der Waals surface area contributed by atoms with Crippen LogP contribution < -0.4 is 5.73 Å². The molecule has 0 amide bonds. The van der Waals surface area contributed by atoms with Gasteiger partial charge in [0.15, 0.2) is 0 Å². The number of nitrogens with zero attached hydrogens (tertiary/aromatic N) is 3. The van der Waals surface area contributed by atoms with Gasteiger partial charge in [-0.1, -0.05) is 12.1 Å². The van der Waals surface area contributed by atoms with Crippen molar-refractivity contribution >= 4 is 11.0 Å². The molecular weight excluding hydrogens is 248 g/mol. The first-order valence-corrected chi connectivity index (χ1v) is 6.77. The minimum absolute atomic E-state index is 0.0197. The fourth-order valence-corrected chi connectivity index (χ4v) is 2.76. The molecule has 0 bridgehead atoms. The molecule has 2 unspecified atom stereocenters. The van der Waals surface area contributed by atoms with Crippen molar-refractivity contribution in [2.75, 3.05) is 0 Å².